The Labute approximate surface area is 268 Å². The normalized spacial score (nSPS) is 14.0. The zero-order chi connectivity index (χ0) is 31.0. The summed E-state index contributed by atoms with van der Waals surface area (Å²) in [6.07, 6.45) is 8.02. The molecule has 0 unspecified atom stereocenters. The van der Waals surface area contributed by atoms with Crippen LogP contribution in [0.2, 0.25) is 0 Å². The van der Waals surface area contributed by atoms with E-state index in [1.54, 1.807) is 0 Å². The molecular weight excluding hydrogens is 558 g/mol. The number of nitrogens with zero attached hydrogens (tertiary/aromatic N) is 3. The van der Waals surface area contributed by atoms with Gasteiger partial charge in [0.25, 0.3) is 0 Å². The number of rotatable bonds is 4. The molecular formula is C43H29N3. The molecule has 7 aromatic rings. The topological polar surface area (TPSA) is 32.0 Å². The molecule has 3 heteroatoms. The molecule has 3 nitrogen and oxygen atoms in total. The predicted octanol–water partition coefficient (Wildman–Crippen LogP) is 11.2. The third kappa shape index (κ3) is 4.70. The van der Waals surface area contributed by atoms with E-state index >= 15 is 0 Å². The van der Waals surface area contributed by atoms with Crippen molar-refractivity contribution in [1.82, 2.24) is 4.57 Å². The van der Waals surface area contributed by atoms with E-state index in [0.717, 1.165) is 39.3 Å². The van der Waals surface area contributed by atoms with Gasteiger partial charge >= 0.3 is 0 Å². The number of hydrogen-bond donors (Lipinski definition) is 0. The van der Waals surface area contributed by atoms with Crippen LogP contribution in [0, 0.1) is 11.3 Å². The van der Waals surface area contributed by atoms with E-state index in [-0.39, 0.29) is 0 Å². The summed E-state index contributed by atoms with van der Waals surface area (Å²) in [6, 6.07) is 51.4. The molecule has 0 atom stereocenters. The van der Waals surface area contributed by atoms with Crippen LogP contribution in [0.15, 0.2) is 171 Å². The molecule has 1 aromatic heterocycles. The van der Waals surface area contributed by atoms with Gasteiger partial charge in [0.1, 0.15) is 0 Å². The van der Waals surface area contributed by atoms with Gasteiger partial charge in [-0.1, -0.05) is 104 Å². The summed E-state index contributed by atoms with van der Waals surface area (Å²) < 4.78 is 2.36. The van der Waals surface area contributed by atoms with Crippen LogP contribution in [0.25, 0.3) is 55.3 Å². The molecule has 2 heterocycles. The third-order valence-corrected chi connectivity index (χ3v) is 8.76. The van der Waals surface area contributed by atoms with Gasteiger partial charge in [0, 0.05) is 33.9 Å². The third-order valence-electron chi connectivity index (χ3n) is 8.76. The van der Waals surface area contributed by atoms with Crippen LogP contribution < -0.4 is 4.90 Å². The minimum atomic E-state index is 0.616. The van der Waals surface area contributed by atoms with E-state index < -0.39 is 0 Å². The number of anilines is 2. The second-order valence-corrected chi connectivity index (χ2v) is 11.5. The van der Waals surface area contributed by atoms with Gasteiger partial charge in [-0.05, 0) is 88.5 Å². The van der Waals surface area contributed by atoms with E-state index in [0.29, 0.717) is 5.56 Å². The first-order valence-electron chi connectivity index (χ1n) is 15.3. The Bertz CT molecular complexity index is 2370. The van der Waals surface area contributed by atoms with Gasteiger partial charge in [0.15, 0.2) is 0 Å². The summed E-state index contributed by atoms with van der Waals surface area (Å²) in [5.41, 5.74) is 12.7. The molecule has 1 aliphatic heterocycles. The first-order valence-corrected chi connectivity index (χ1v) is 15.3. The van der Waals surface area contributed by atoms with Gasteiger partial charge in [-0.25, -0.2) is 0 Å². The fourth-order valence-corrected chi connectivity index (χ4v) is 6.45. The average molecular weight is 588 g/mol. The molecule has 0 bridgehead atoms. The second-order valence-electron chi connectivity index (χ2n) is 11.5. The van der Waals surface area contributed by atoms with Gasteiger partial charge in [0.05, 0.1) is 28.4 Å². The maximum atomic E-state index is 9.59. The number of aromatic nitrogens is 1. The zero-order valence-corrected chi connectivity index (χ0v) is 25.1. The highest BCUT2D eigenvalue weighted by Gasteiger charge is 2.16. The highest BCUT2D eigenvalue weighted by atomic mass is 15.1. The summed E-state index contributed by atoms with van der Waals surface area (Å²) in [4.78, 5) is 2.12. The zero-order valence-electron chi connectivity index (χ0n) is 25.1. The molecule has 0 radical (unpaired) electrons. The lowest BCUT2D eigenvalue weighted by Crippen LogP contribution is -2.11. The fourth-order valence-electron chi connectivity index (χ4n) is 6.45. The second kappa shape index (κ2) is 11.3. The number of benzene rings is 6. The highest BCUT2D eigenvalue weighted by Crippen LogP contribution is 2.38. The molecule has 0 spiro atoms. The Morgan fingerprint density at radius 1 is 0.543 bits per heavy atom. The Hall–Kier alpha value is -6.37. The van der Waals surface area contributed by atoms with Crippen molar-refractivity contribution in [2.75, 3.05) is 4.90 Å². The monoisotopic (exact) mass is 587 g/mol. The van der Waals surface area contributed by atoms with Gasteiger partial charge in [-0.15, -0.1) is 0 Å². The van der Waals surface area contributed by atoms with Crippen LogP contribution >= 0.6 is 0 Å². The van der Waals surface area contributed by atoms with Gasteiger partial charge in [-0.2, -0.15) is 5.26 Å². The summed E-state index contributed by atoms with van der Waals surface area (Å²) in [5, 5.41) is 12.0. The quantitative estimate of drug-likeness (QED) is 0.205. The first-order chi connectivity index (χ1) is 22.7. The molecule has 0 amide bonds. The van der Waals surface area contributed by atoms with Crippen molar-refractivity contribution in [3.8, 4) is 34.0 Å². The number of allylic oxidation sites excluding steroid dienone is 4. The number of nitriles is 1. The first kappa shape index (κ1) is 27.2. The van der Waals surface area contributed by atoms with Crippen LogP contribution in [0.3, 0.4) is 0 Å². The molecule has 1 aliphatic rings. The van der Waals surface area contributed by atoms with Crippen molar-refractivity contribution in [1.29, 1.82) is 5.26 Å². The molecule has 8 rings (SSSR count). The lowest BCUT2D eigenvalue weighted by Gasteiger charge is -2.25. The van der Waals surface area contributed by atoms with Gasteiger partial charge in [0.2, 0.25) is 0 Å². The molecule has 46 heavy (non-hydrogen) atoms. The van der Waals surface area contributed by atoms with Gasteiger partial charge in [-0.3, -0.25) is 0 Å². The van der Waals surface area contributed by atoms with Crippen molar-refractivity contribution in [2.24, 2.45) is 0 Å². The van der Waals surface area contributed by atoms with Crippen LogP contribution in [0.1, 0.15) is 11.1 Å². The fraction of sp³-hybridized carbons (Fsp3) is 0. The Morgan fingerprint density at radius 2 is 1.20 bits per heavy atom. The summed E-state index contributed by atoms with van der Waals surface area (Å²) in [7, 11) is 0. The van der Waals surface area contributed by atoms with E-state index in [1.807, 2.05) is 48.7 Å². The number of para-hydroxylation sites is 1. The SMILES string of the molecule is C=C1/C=C\C=C/N(c2ccc(-c3ccc4c(c3)c3ccccc3n4-c3ccc(-c4ccccc4)cc3)cc2)c2cc(C#N)ccc21. The minimum Gasteiger partial charge on any atom is -0.317 e. The van der Waals surface area contributed by atoms with Crippen LogP contribution in [0.5, 0.6) is 0 Å². The highest BCUT2D eigenvalue weighted by molar-refractivity contribution is 6.10. The Kier molecular flexibility index (Phi) is 6.67. The lowest BCUT2D eigenvalue weighted by atomic mass is 9.99. The summed E-state index contributed by atoms with van der Waals surface area (Å²) in [5.74, 6) is 0. The van der Waals surface area contributed by atoms with E-state index in [1.165, 1.54) is 32.9 Å². The van der Waals surface area contributed by atoms with Crippen molar-refractivity contribution in [2.45, 2.75) is 0 Å². The van der Waals surface area contributed by atoms with Gasteiger partial charge < -0.3 is 9.47 Å². The van der Waals surface area contributed by atoms with Crippen LogP contribution in [-0.2, 0) is 0 Å². The maximum absolute atomic E-state index is 9.59. The molecule has 6 aromatic carbocycles. The predicted molar refractivity (Wildman–Crippen MR) is 192 cm³/mol. The van der Waals surface area contributed by atoms with Crippen LogP contribution in [0.4, 0.5) is 11.4 Å². The van der Waals surface area contributed by atoms with Crippen molar-refractivity contribution >= 4 is 38.8 Å². The average Bonchev–Trinajstić information content (AvgIpc) is 3.45. The summed E-state index contributed by atoms with van der Waals surface area (Å²) in [6.45, 7) is 4.25. The maximum Gasteiger partial charge on any atom is 0.0992 e. The Morgan fingerprint density at radius 3 is 1.98 bits per heavy atom. The van der Waals surface area contributed by atoms with Crippen molar-refractivity contribution < 1.29 is 0 Å². The van der Waals surface area contributed by atoms with E-state index in [9.17, 15) is 5.26 Å². The van der Waals surface area contributed by atoms with E-state index in [2.05, 4.69) is 137 Å². The molecule has 0 fully saturated rings. The molecule has 0 saturated heterocycles. The van der Waals surface area contributed by atoms with Crippen molar-refractivity contribution in [3.63, 3.8) is 0 Å². The van der Waals surface area contributed by atoms with Crippen LogP contribution in [-0.4, -0.2) is 4.57 Å². The lowest BCUT2D eigenvalue weighted by molar-refractivity contribution is 1.18. The standard InChI is InChI=1S/C43H29N3/c1-30-9-7-8-26-45(43-27-31(29-44)14-24-38(30)43)36-20-15-34(16-21-36)35-19-25-42-40(28-35)39-12-5-6-13-41(39)46(42)37-22-17-33(18-23-37)32-10-3-2-4-11-32/h2-28H,1H2/b9-7-,26-8-. The molecule has 216 valence electrons. The van der Waals surface area contributed by atoms with E-state index in [4.69, 9.17) is 0 Å². The smallest absolute Gasteiger partial charge is 0.0992 e. The minimum absolute atomic E-state index is 0.616. The number of fused-ring (bicyclic) bond motifs is 4. The largest absolute Gasteiger partial charge is 0.317 e. The van der Waals surface area contributed by atoms with Crippen molar-refractivity contribution in [3.05, 3.63) is 182 Å². The number of hydrogen-bond acceptors (Lipinski definition) is 2. The summed E-state index contributed by atoms with van der Waals surface area (Å²) >= 11 is 0. The molecule has 0 N–H and O–H groups in total. The molecule has 0 aliphatic carbocycles. The molecule has 0 saturated carbocycles. The Balaban J connectivity index is 1.18.